The molecule has 8 heteroatoms. The summed E-state index contributed by atoms with van der Waals surface area (Å²) in [5.74, 6) is 0.532. The van der Waals surface area contributed by atoms with Crippen molar-refractivity contribution in [1.82, 2.24) is 14.9 Å². The number of hydrogen-bond acceptors (Lipinski definition) is 5. The molecule has 0 aliphatic heterocycles. The molecule has 0 bridgehead atoms. The number of ether oxygens (including phenoxy) is 1. The molecule has 2 aromatic heterocycles. The van der Waals surface area contributed by atoms with E-state index in [0.29, 0.717) is 23.6 Å². The zero-order valence-electron chi connectivity index (χ0n) is 18.1. The van der Waals surface area contributed by atoms with Crippen molar-refractivity contribution in [2.24, 2.45) is 0 Å². The van der Waals surface area contributed by atoms with E-state index in [9.17, 15) is 9.18 Å². The number of hydrogen-bond donors (Lipinski definition) is 1. The van der Waals surface area contributed by atoms with Gasteiger partial charge in [-0.1, -0.05) is 29.4 Å². The predicted molar refractivity (Wildman–Crippen MR) is 117 cm³/mol. The van der Waals surface area contributed by atoms with Gasteiger partial charge in [-0.3, -0.25) is 9.48 Å². The molecule has 0 fully saturated rings. The number of nitrogens with zero attached hydrogens (tertiary/aromatic N) is 3. The van der Waals surface area contributed by atoms with Crippen molar-refractivity contribution in [3.8, 4) is 5.75 Å². The Hall–Kier alpha value is -3.94. The van der Waals surface area contributed by atoms with Crippen molar-refractivity contribution in [3.63, 3.8) is 0 Å². The van der Waals surface area contributed by atoms with Crippen molar-refractivity contribution in [2.45, 2.75) is 33.9 Å². The number of halogens is 1. The fourth-order valence-corrected chi connectivity index (χ4v) is 3.28. The van der Waals surface area contributed by atoms with Crippen LogP contribution >= 0.6 is 0 Å². The van der Waals surface area contributed by atoms with Gasteiger partial charge in [0.25, 0.3) is 5.91 Å². The van der Waals surface area contributed by atoms with Gasteiger partial charge in [0, 0.05) is 6.20 Å². The molecule has 0 unspecified atom stereocenters. The average Bonchev–Trinajstić information content (AvgIpc) is 3.34. The second kappa shape index (κ2) is 9.05. The first-order valence-corrected chi connectivity index (χ1v) is 10.1. The van der Waals surface area contributed by atoms with E-state index in [0.717, 1.165) is 22.4 Å². The number of amides is 1. The van der Waals surface area contributed by atoms with E-state index in [-0.39, 0.29) is 18.1 Å². The van der Waals surface area contributed by atoms with Crippen molar-refractivity contribution in [1.29, 1.82) is 0 Å². The number of nitrogens with one attached hydrogen (secondary N) is 1. The maximum atomic E-state index is 13.4. The van der Waals surface area contributed by atoms with E-state index < -0.39 is 5.91 Å². The van der Waals surface area contributed by atoms with Gasteiger partial charge in [0.1, 0.15) is 23.9 Å². The maximum absolute atomic E-state index is 13.4. The number of anilines is 1. The van der Waals surface area contributed by atoms with Gasteiger partial charge >= 0.3 is 0 Å². The highest BCUT2D eigenvalue weighted by molar-refractivity contribution is 6.03. The molecule has 1 amide bonds. The van der Waals surface area contributed by atoms with Gasteiger partial charge in [-0.05, 0) is 55.7 Å². The highest BCUT2D eigenvalue weighted by Gasteiger charge is 2.21. The molecular weight excluding hydrogens is 411 g/mol. The quantitative estimate of drug-likeness (QED) is 0.451. The van der Waals surface area contributed by atoms with E-state index in [2.05, 4.69) is 15.6 Å². The molecule has 0 spiro atoms. The summed E-state index contributed by atoms with van der Waals surface area (Å²) >= 11 is 0. The Labute approximate surface area is 184 Å². The summed E-state index contributed by atoms with van der Waals surface area (Å²) in [7, 11) is 0. The van der Waals surface area contributed by atoms with Crippen molar-refractivity contribution < 1.29 is 18.4 Å². The predicted octanol–water partition coefficient (Wildman–Crippen LogP) is 4.82. The van der Waals surface area contributed by atoms with Crippen LogP contribution in [0.2, 0.25) is 0 Å². The summed E-state index contributed by atoms with van der Waals surface area (Å²) in [4.78, 5) is 12.8. The third-order valence-electron chi connectivity index (χ3n) is 5.04. The van der Waals surface area contributed by atoms with E-state index in [1.165, 1.54) is 18.3 Å². The minimum Gasteiger partial charge on any atom is -0.488 e. The van der Waals surface area contributed by atoms with Crippen molar-refractivity contribution in [3.05, 3.63) is 94.4 Å². The minimum absolute atomic E-state index is 0.154. The van der Waals surface area contributed by atoms with Crippen LogP contribution in [-0.4, -0.2) is 20.8 Å². The molecule has 7 nitrogen and oxygen atoms in total. The third kappa shape index (κ3) is 4.85. The lowest BCUT2D eigenvalue weighted by Crippen LogP contribution is -2.15. The van der Waals surface area contributed by atoms with Crippen LogP contribution in [0, 0.1) is 26.6 Å². The lowest BCUT2D eigenvalue weighted by molar-refractivity contribution is 0.101. The monoisotopic (exact) mass is 434 g/mol. The average molecular weight is 434 g/mol. The second-order valence-corrected chi connectivity index (χ2v) is 7.63. The Bertz CT molecular complexity index is 1260. The van der Waals surface area contributed by atoms with Crippen LogP contribution in [-0.2, 0) is 13.2 Å². The van der Waals surface area contributed by atoms with Crippen molar-refractivity contribution in [2.75, 3.05) is 5.32 Å². The van der Waals surface area contributed by atoms with E-state index in [4.69, 9.17) is 9.26 Å². The number of rotatable bonds is 7. The van der Waals surface area contributed by atoms with Gasteiger partial charge < -0.3 is 14.6 Å². The Morgan fingerprint density at radius 1 is 1.19 bits per heavy atom. The highest BCUT2D eigenvalue weighted by atomic mass is 19.1. The van der Waals surface area contributed by atoms with E-state index >= 15 is 0 Å². The summed E-state index contributed by atoms with van der Waals surface area (Å²) in [6.07, 6.45) is 3.19. The zero-order chi connectivity index (χ0) is 22.7. The molecular formula is C24H23FN4O3. The summed E-state index contributed by atoms with van der Waals surface area (Å²) in [5, 5.41) is 10.9. The van der Waals surface area contributed by atoms with E-state index in [1.807, 2.05) is 38.1 Å². The molecule has 1 N–H and O–H groups in total. The molecule has 0 aliphatic rings. The van der Waals surface area contributed by atoms with Gasteiger partial charge in [0.15, 0.2) is 5.69 Å². The summed E-state index contributed by atoms with van der Waals surface area (Å²) < 4.78 is 26.2. The Morgan fingerprint density at radius 3 is 2.84 bits per heavy atom. The Morgan fingerprint density at radius 2 is 2.03 bits per heavy atom. The first-order chi connectivity index (χ1) is 15.4. The SMILES string of the molecule is Cc1ccc(C)c(OCc2c(C(=O)Nc3cnn(Cc4cccc(F)c4)c3)noc2C)c1. The van der Waals surface area contributed by atoms with Crippen molar-refractivity contribution >= 4 is 11.6 Å². The molecule has 0 radical (unpaired) electrons. The maximum Gasteiger partial charge on any atom is 0.278 e. The van der Waals surface area contributed by atoms with Gasteiger partial charge in [-0.2, -0.15) is 5.10 Å². The summed E-state index contributed by atoms with van der Waals surface area (Å²) in [5.41, 5.74) is 4.08. The summed E-state index contributed by atoms with van der Waals surface area (Å²) in [6.45, 7) is 6.23. The zero-order valence-corrected chi connectivity index (χ0v) is 18.1. The number of carbonyl (C=O) groups is 1. The molecule has 2 heterocycles. The van der Waals surface area contributed by atoms with Gasteiger partial charge in [-0.15, -0.1) is 0 Å². The number of benzene rings is 2. The van der Waals surface area contributed by atoms with Crippen LogP contribution in [0.3, 0.4) is 0 Å². The van der Waals surface area contributed by atoms with Crippen LogP contribution in [0.25, 0.3) is 0 Å². The second-order valence-electron chi connectivity index (χ2n) is 7.63. The topological polar surface area (TPSA) is 82.2 Å². The Kier molecular flexibility index (Phi) is 6.02. The normalized spacial score (nSPS) is 10.9. The molecule has 0 atom stereocenters. The fraction of sp³-hybridized carbons (Fsp3) is 0.208. The lowest BCUT2D eigenvalue weighted by Gasteiger charge is -2.10. The minimum atomic E-state index is -0.424. The molecule has 32 heavy (non-hydrogen) atoms. The van der Waals surface area contributed by atoms with Crippen LogP contribution in [0.5, 0.6) is 5.75 Å². The number of carbonyl (C=O) groups excluding carboxylic acids is 1. The Balaban J connectivity index is 1.44. The van der Waals surface area contributed by atoms with Gasteiger partial charge in [0.2, 0.25) is 0 Å². The van der Waals surface area contributed by atoms with Crippen LogP contribution < -0.4 is 10.1 Å². The molecule has 0 saturated heterocycles. The standard InChI is InChI=1S/C24H23FN4O3/c1-15-7-8-16(2)22(9-15)31-14-21-17(3)32-28-23(21)24(30)27-20-11-26-29(13-20)12-18-5-4-6-19(25)10-18/h4-11,13H,12,14H2,1-3H3,(H,27,30). The molecule has 2 aromatic carbocycles. The molecule has 0 aliphatic carbocycles. The number of aromatic nitrogens is 3. The lowest BCUT2D eigenvalue weighted by atomic mass is 10.1. The number of aryl methyl sites for hydroxylation is 3. The largest absolute Gasteiger partial charge is 0.488 e. The van der Waals surface area contributed by atoms with Crippen LogP contribution in [0.4, 0.5) is 10.1 Å². The molecule has 4 rings (SSSR count). The molecule has 164 valence electrons. The molecule has 4 aromatic rings. The van der Waals surface area contributed by atoms with E-state index in [1.54, 1.807) is 23.9 Å². The van der Waals surface area contributed by atoms with Crippen LogP contribution in [0.1, 0.15) is 38.5 Å². The molecule has 0 saturated carbocycles. The smallest absolute Gasteiger partial charge is 0.278 e. The van der Waals surface area contributed by atoms with Gasteiger partial charge in [0.05, 0.1) is 24.0 Å². The first kappa shape index (κ1) is 21.3. The third-order valence-corrected chi connectivity index (χ3v) is 5.04. The summed E-state index contributed by atoms with van der Waals surface area (Å²) in [6, 6.07) is 12.2. The fourth-order valence-electron chi connectivity index (χ4n) is 3.28. The van der Waals surface area contributed by atoms with Crippen LogP contribution in [0.15, 0.2) is 59.4 Å². The highest BCUT2D eigenvalue weighted by Crippen LogP contribution is 2.23. The van der Waals surface area contributed by atoms with Gasteiger partial charge in [-0.25, -0.2) is 4.39 Å². The first-order valence-electron chi connectivity index (χ1n) is 10.1.